The van der Waals surface area contributed by atoms with Crippen molar-refractivity contribution in [2.45, 2.75) is 25.8 Å². The minimum absolute atomic E-state index is 0.177. The Hall–Kier alpha value is -1.36. The molecular formula is C15H22N2O2S. The van der Waals surface area contributed by atoms with Gasteiger partial charge in [0.25, 0.3) is 0 Å². The number of nitrogens with two attached hydrogens (primary N) is 1. The number of thioether (sulfide) groups is 1. The van der Waals surface area contributed by atoms with Gasteiger partial charge in [-0.05, 0) is 41.9 Å². The molecular weight excluding hydrogens is 272 g/mol. The molecule has 1 unspecified atom stereocenters. The molecule has 4 nitrogen and oxygen atoms in total. The van der Waals surface area contributed by atoms with E-state index < -0.39 is 5.54 Å². The SMILES string of the molecule is COc1ccc(NC2(C(N)=O)CSCCC2(C)C)cc1. The van der Waals surface area contributed by atoms with Crippen LogP contribution >= 0.6 is 11.8 Å². The molecule has 1 heterocycles. The van der Waals surface area contributed by atoms with Gasteiger partial charge < -0.3 is 15.8 Å². The number of amides is 1. The molecule has 0 saturated carbocycles. The first kappa shape index (κ1) is 15.0. The average Bonchev–Trinajstić information content (AvgIpc) is 2.41. The molecule has 0 spiro atoms. The number of carbonyl (C=O) groups excluding carboxylic acids is 1. The van der Waals surface area contributed by atoms with Gasteiger partial charge in [-0.15, -0.1) is 0 Å². The monoisotopic (exact) mass is 294 g/mol. The molecule has 110 valence electrons. The highest BCUT2D eigenvalue weighted by Crippen LogP contribution is 2.44. The summed E-state index contributed by atoms with van der Waals surface area (Å²) in [7, 11) is 1.63. The first-order valence-electron chi connectivity index (χ1n) is 6.71. The van der Waals surface area contributed by atoms with Crippen LogP contribution in [0.1, 0.15) is 20.3 Å². The highest BCUT2D eigenvalue weighted by Gasteiger charge is 2.51. The topological polar surface area (TPSA) is 64.3 Å². The molecule has 0 aromatic heterocycles. The molecule has 1 aromatic carbocycles. The summed E-state index contributed by atoms with van der Waals surface area (Å²) >= 11 is 1.77. The predicted octanol–water partition coefficient (Wildman–Crippen LogP) is 2.49. The van der Waals surface area contributed by atoms with Gasteiger partial charge in [0.1, 0.15) is 11.3 Å². The van der Waals surface area contributed by atoms with Crippen molar-refractivity contribution in [3.05, 3.63) is 24.3 Å². The van der Waals surface area contributed by atoms with Crippen LogP contribution in [-0.4, -0.2) is 30.1 Å². The number of hydrogen-bond acceptors (Lipinski definition) is 4. The number of anilines is 1. The quantitative estimate of drug-likeness (QED) is 0.895. The Bertz CT molecular complexity index is 487. The predicted molar refractivity (Wildman–Crippen MR) is 84.3 cm³/mol. The maximum Gasteiger partial charge on any atom is 0.244 e. The minimum Gasteiger partial charge on any atom is -0.497 e. The van der Waals surface area contributed by atoms with Crippen LogP contribution in [0, 0.1) is 5.41 Å². The Balaban J connectivity index is 2.31. The maximum atomic E-state index is 12.1. The Morgan fingerprint density at radius 2 is 2.00 bits per heavy atom. The van der Waals surface area contributed by atoms with Gasteiger partial charge in [-0.25, -0.2) is 0 Å². The van der Waals surface area contributed by atoms with E-state index in [1.54, 1.807) is 18.9 Å². The molecule has 1 fully saturated rings. The second kappa shape index (κ2) is 5.56. The lowest BCUT2D eigenvalue weighted by molar-refractivity contribution is -0.125. The molecule has 1 aliphatic heterocycles. The molecule has 20 heavy (non-hydrogen) atoms. The van der Waals surface area contributed by atoms with Gasteiger partial charge >= 0.3 is 0 Å². The van der Waals surface area contributed by atoms with Crippen LogP contribution in [0.2, 0.25) is 0 Å². The first-order chi connectivity index (χ1) is 9.41. The van der Waals surface area contributed by atoms with Crippen molar-refractivity contribution in [1.29, 1.82) is 0 Å². The van der Waals surface area contributed by atoms with E-state index in [4.69, 9.17) is 10.5 Å². The minimum atomic E-state index is -0.718. The fourth-order valence-corrected chi connectivity index (χ4v) is 4.26. The summed E-state index contributed by atoms with van der Waals surface area (Å²) in [6, 6.07) is 7.58. The number of carbonyl (C=O) groups is 1. The smallest absolute Gasteiger partial charge is 0.244 e. The zero-order valence-electron chi connectivity index (χ0n) is 12.2. The fraction of sp³-hybridized carbons (Fsp3) is 0.533. The summed E-state index contributed by atoms with van der Waals surface area (Å²) in [4.78, 5) is 12.1. The molecule has 0 aliphatic carbocycles. The Kier molecular flexibility index (Phi) is 4.18. The van der Waals surface area contributed by atoms with Gasteiger partial charge in [0.05, 0.1) is 7.11 Å². The molecule has 2 rings (SSSR count). The van der Waals surface area contributed by atoms with Crippen molar-refractivity contribution in [1.82, 2.24) is 0 Å². The summed E-state index contributed by atoms with van der Waals surface area (Å²) in [6.45, 7) is 4.21. The van der Waals surface area contributed by atoms with Crippen LogP contribution in [0.4, 0.5) is 5.69 Å². The van der Waals surface area contributed by atoms with E-state index in [2.05, 4.69) is 19.2 Å². The Morgan fingerprint density at radius 3 is 2.50 bits per heavy atom. The highest BCUT2D eigenvalue weighted by atomic mass is 32.2. The van der Waals surface area contributed by atoms with Crippen molar-refractivity contribution in [2.75, 3.05) is 23.9 Å². The van der Waals surface area contributed by atoms with Crippen LogP contribution in [-0.2, 0) is 4.79 Å². The third-order valence-electron chi connectivity index (χ3n) is 4.21. The number of methoxy groups -OCH3 is 1. The Labute approximate surface area is 124 Å². The van der Waals surface area contributed by atoms with Crippen LogP contribution in [0.15, 0.2) is 24.3 Å². The van der Waals surface area contributed by atoms with Gasteiger partial charge in [0.2, 0.25) is 5.91 Å². The Morgan fingerprint density at radius 1 is 1.35 bits per heavy atom. The van der Waals surface area contributed by atoms with E-state index in [0.29, 0.717) is 5.75 Å². The number of rotatable bonds is 4. The average molecular weight is 294 g/mol. The molecule has 1 saturated heterocycles. The highest BCUT2D eigenvalue weighted by molar-refractivity contribution is 7.99. The summed E-state index contributed by atoms with van der Waals surface area (Å²) < 4.78 is 5.15. The van der Waals surface area contributed by atoms with Gasteiger partial charge in [-0.1, -0.05) is 13.8 Å². The van der Waals surface area contributed by atoms with E-state index in [0.717, 1.165) is 23.6 Å². The van der Waals surface area contributed by atoms with E-state index in [1.807, 2.05) is 24.3 Å². The standard InChI is InChI=1S/C15H22N2O2S/c1-14(2)8-9-20-10-15(14,13(16)18)17-11-4-6-12(19-3)7-5-11/h4-7,17H,8-10H2,1-3H3,(H2,16,18). The number of ether oxygens (including phenoxy) is 1. The summed E-state index contributed by atoms with van der Waals surface area (Å²) in [5.41, 5.74) is 5.74. The molecule has 0 bridgehead atoms. The summed E-state index contributed by atoms with van der Waals surface area (Å²) in [5.74, 6) is 2.26. The molecule has 1 aliphatic rings. The van der Waals surface area contributed by atoms with Gasteiger partial charge in [0.15, 0.2) is 0 Å². The lowest BCUT2D eigenvalue weighted by Gasteiger charge is -2.48. The van der Waals surface area contributed by atoms with Crippen LogP contribution in [0.25, 0.3) is 0 Å². The van der Waals surface area contributed by atoms with Crippen molar-refractivity contribution >= 4 is 23.4 Å². The first-order valence-corrected chi connectivity index (χ1v) is 7.87. The molecule has 1 atom stereocenters. The fourth-order valence-electron chi connectivity index (χ4n) is 2.55. The van der Waals surface area contributed by atoms with E-state index >= 15 is 0 Å². The van der Waals surface area contributed by atoms with Crippen LogP contribution < -0.4 is 15.8 Å². The molecule has 5 heteroatoms. The largest absolute Gasteiger partial charge is 0.497 e. The van der Waals surface area contributed by atoms with Crippen LogP contribution in [0.5, 0.6) is 5.75 Å². The lowest BCUT2D eigenvalue weighted by atomic mass is 9.70. The molecule has 1 aromatic rings. The zero-order valence-corrected chi connectivity index (χ0v) is 13.0. The normalized spacial score (nSPS) is 24.9. The van der Waals surface area contributed by atoms with E-state index in [1.165, 1.54) is 0 Å². The number of primary amides is 1. The third-order valence-corrected chi connectivity index (χ3v) is 5.34. The maximum absolute atomic E-state index is 12.1. The van der Waals surface area contributed by atoms with E-state index in [-0.39, 0.29) is 11.3 Å². The number of benzene rings is 1. The second-order valence-corrected chi connectivity index (χ2v) is 6.91. The van der Waals surface area contributed by atoms with Crippen LogP contribution in [0.3, 0.4) is 0 Å². The van der Waals surface area contributed by atoms with Crippen molar-refractivity contribution in [2.24, 2.45) is 11.1 Å². The summed E-state index contributed by atoms with van der Waals surface area (Å²) in [6.07, 6.45) is 0.962. The molecule has 1 amide bonds. The second-order valence-electron chi connectivity index (χ2n) is 5.81. The van der Waals surface area contributed by atoms with E-state index in [9.17, 15) is 4.79 Å². The van der Waals surface area contributed by atoms with Gasteiger partial charge in [-0.3, -0.25) is 4.79 Å². The van der Waals surface area contributed by atoms with Crippen molar-refractivity contribution in [3.8, 4) is 5.75 Å². The summed E-state index contributed by atoms with van der Waals surface area (Å²) in [5, 5.41) is 3.38. The molecule has 0 radical (unpaired) electrons. The van der Waals surface area contributed by atoms with Gasteiger partial charge in [0, 0.05) is 11.4 Å². The van der Waals surface area contributed by atoms with Crippen molar-refractivity contribution in [3.63, 3.8) is 0 Å². The number of nitrogens with one attached hydrogen (secondary N) is 1. The van der Waals surface area contributed by atoms with Crippen molar-refractivity contribution < 1.29 is 9.53 Å². The number of hydrogen-bond donors (Lipinski definition) is 2. The van der Waals surface area contributed by atoms with Gasteiger partial charge in [-0.2, -0.15) is 11.8 Å². The lowest BCUT2D eigenvalue weighted by Crippen LogP contribution is -2.63. The molecule has 3 N–H and O–H groups in total. The zero-order chi connectivity index (χ0) is 14.8. The third kappa shape index (κ3) is 2.59.